The molecule has 2 aliphatic carbocycles. The number of carbonyl (C=O) groups is 2. The highest BCUT2D eigenvalue weighted by Crippen LogP contribution is 2.61. The summed E-state index contributed by atoms with van der Waals surface area (Å²) in [6, 6.07) is -0.761. The van der Waals surface area contributed by atoms with Crippen molar-refractivity contribution in [1.29, 1.82) is 0 Å². The van der Waals surface area contributed by atoms with E-state index in [-0.39, 0.29) is 35.5 Å². The van der Waals surface area contributed by atoms with Crippen LogP contribution in [-0.4, -0.2) is 61.7 Å². The number of urea groups is 1. The molecule has 10 heteroatoms. The lowest BCUT2D eigenvalue weighted by atomic mass is 9.80. The van der Waals surface area contributed by atoms with Crippen LogP contribution in [0.15, 0.2) is 4.42 Å². The number of amides is 3. The Morgan fingerprint density at radius 2 is 1.97 bits per heavy atom. The maximum atomic E-state index is 12.4. The molecule has 4 fully saturated rings. The number of alkyl carbamates (subject to hydrolysis) is 1. The van der Waals surface area contributed by atoms with Crippen LogP contribution < -0.4 is 5.32 Å². The zero-order valence-electron chi connectivity index (χ0n) is 16.9. The largest absolute Gasteiger partial charge is 0.444 e. The molecule has 2 atom stereocenters. The minimum absolute atomic E-state index is 0.0182. The number of piperidine rings is 1. The molecule has 2 bridgehead atoms. The molecule has 2 saturated heterocycles. The van der Waals surface area contributed by atoms with E-state index in [9.17, 15) is 14.8 Å². The molecule has 29 heavy (non-hydrogen) atoms. The van der Waals surface area contributed by atoms with E-state index >= 15 is 0 Å². The van der Waals surface area contributed by atoms with Crippen LogP contribution in [0.2, 0.25) is 0 Å². The van der Waals surface area contributed by atoms with Crippen molar-refractivity contribution in [2.24, 2.45) is 5.41 Å². The van der Waals surface area contributed by atoms with E-state index in [0.717, 1.165) is 24.3 Å². The summed E-state index contributed by atoms with van der Waals surface area (Å²) in [7, 11) is 0. The van der Waals surface area contributed by atoms with Gasteiger partial charge in [-0.3, -0.25) is 5.21 Å². The predicted molar refractivity (Wildman–Crippen MR) is 98.0 cm³/mol. The van der Waals surface area contributed by atoms with Gasteiger partial charge in [-0.2, -0.15) is 0 Å². The van der Waals surface area contributed by atoms with Crippen molar-refractivity contribution in [3.05, 3.63) is 11.8 Å². The first-order valence-corrected chi connectivity index (χ1v) is 10.3. The zero-order valence-corrected chi connectivity index (χ0v) is 16.9. The van der Waals surface area contributed by atoms with Gasteiger partial charge in [0.05, 0.1) is 6.04 Å². The van der Waals surface area contributed by atoms with Gasteiger partial charge < -0.3 is 19.4 Å². The molecule has 3 amide bonds. The first-order chi connectivity index (χ1) is 13.7. The van der Waals surface area contributed by atoms with Gasteiger partial charge in [-0.05, 0) is 58.3 Å². The SMILES string of the molecule is CC(C)(C)OC(=O)NC1CC(c2nnc(C3CC4(CC4)[C@H]4CN3C(=O)N4O)o2)C1. The monoisotopic (exact) mass is 405 g/mol. The molecule has 1 spiro atoms. The number of hydrogen-bond acceptors (Lipinski definition) is 7. The molecule has 2 saturated carbocycles. The molecular weight excluding hydrogens is 378 g/mol. The lowest BCUT2D eigenvalue weighted by molar-refractivity contribution is -0.0783. The van der Waals surface area contributed by atoms with Gasteiger partial charge >= 0.3 is 12.1 Å². The summed E-state index contributed by atoms with van der Waals surface area (Å²) >= 11 is 0. The second kappa shape index (κ2) is 6.07. The summed E-state index contributed by atoms with van der Waals surface area (Å²) in [6.07, 6.45) is 3.77. The topological polar surface area (TPSA) is 121 Å². The number of rotatable bonds is 3. The van der Waals surface area contributed by atoms with Gasteiger partial charge in [0.15, 0.2) is 0 Å². The summed E-state index contributed by atoms with van der Waals surface area (Å²) in [5.41, 5.74) is -0.542. The molecule has 4 aliphatic rings. The fourth-order valence-electron chi connectivity index (χ4n) is 4.83. The van der Waals surface area contributed by atoms with E-state index in [0.29, 0.717) is 31.2 Å². The third kappa shape index (κ3) is 3.13. The van der Waals surface area contributed by atoms with Gasteiger partial charge in [0.1, 0.15) is 11.6 Å². The van der Waals surface area contributed by atoms with Crippen LogP contribution in [0.3, 0.4) is 0 Å². The van der Waals surface area contributed by atoms with Crippen molar-refractivity contribution in [2.75, 3.05) is 6.54 Å². The van der Waals surface area contributed by atoms with E-state index in [1.54, 1.807) is 4.90 Å². The molecule has 0 aromatic carbocycles. The Morgan fingerprint density at radius 3 is 2.62 bits per heavy atom. The Morgan fingerprint density at radius 1 is 1.28 bits per heavy atom. The summed E-state index contributed by atoms with van der Waals surface area (Å²) in [4.78, 5) is 25.9. The van der Waals surface area contributed by atoms with Gasteiger partial charge in [0.2, 0.25) is 11.8 Å². The maximum Gasteiger partial charge on any atom is 0.407 e. The fourth-order valence-corrected chi connectivity index (χ4v) is 4.83. The second-order valence-corrected chi connectivity index (χ2v) is 9.87. The van der Waals surface area contributed by atoms with Crippen molar-refractivity contribution < 1.29 is 24.0 Å². The number of carbonyl (C=O) groups excluding carboxylic acids is 2. The van der Waals surface area contributed by atoms with Crippen LogP contribution in [0.4, 0.5) is 9.59 Å². The predicted octanol–water partition coefficient (Wildman–Crippen LogP) is 2.56. The molecule has 5 rings (SSSR count). The Hall–Kier alpha value is -2.36. The summed E-state index contributed by atoms with van der Waals surface area (Å²) in [6.45, 7) is 5.99. The first kappa shape index (κ1) is 18.7. The van der Waals surface area contributed by atoms with E-state index in [2.05, 4.69) is 15.5 Å². The van der Waals surface area contributed by atoms with Crippen molar-refractivity contribution in [3.8, 4) is 0 Å². The Labute approximate surface area is 168 Å². The van der Waals surface area contributed by atoms with E-state index < -0.39 is 11.7 Å². The van der Waals surface area contributed by atoms with Crippen molar-refractivity contribution in [1.82, 2.24) is 25.5 Å². The quantitative estimate of drug-likeness (QED) is 0.741. The molecule has 10 nitrogen and oxygen atoms in total. The molecule has 1 unspecified atom stereocenters. The lowest BCUT2D eigenvalue weighted by Crippen LogP contribution is -2.45. The van der Waals surface area contributed by atoms with E-state index in [4.69, 9.17) is 9.15 Å². The number of ether oxygens (including phenoxy) is 1. The minimum atomic E-state index is -0.524. The molecule has 3 heterocycles. The average molecular weight is 405 g/mol. The number of nitrogens with zero attached hydrogens (tertiary/aromatic N) is 4. The molecular formula is C19H27N5O5. The second-order valence-electron chi connectivity index (χ2n) is 9.87. The molecule has 1 aromatic heterocycles. The van der Waals surface area contributed by atoms with Gasteiger partial charge in [0, 0.05) is 18.5 Å². The van der Waals surface area contributed by atoms with Gasteiger partial charge in [0.25, 0.3) is 0 Å². The summed E-state index contributed by atoms with van der Waals surface area (Å²) in [5.74, 6) is 1.07. The molecule has 158 valence electrons. The summed E-state index contributed by atoms with van der Waals surface area (Å²) in [5, 5.41) is 22.3. The van der Waals surface area contributed by atoms with Crippen molar-refractivity contribution in [2.45, 2.75) is 82.5 Å². The first-order valence-electron chi connectivity index (χ1n) is 10.3. The van der Waals surface area contributed by atoms with Crippen LogP contribution in [0, 0.1) is 5.41 Å². The molecule has 2 N–H and O–H groups in total. The van der Waals surface area contributed by atoms with Gasteiger partial charge in [-0.1, -0.05) is 0 Å². The van der Waals surface area contributed by atoms with Crippen LogP contribution in [-0.2, 0) is 4.74 Å². The minimum Gasteiger partial charge on any atom is -0.444 e. The van der Waals surface area contributed by atoms with Crippen LogP contribution in [0.5, 0.6) is 0 Å². The highest BCUT2D eigenvalue weighted by molar-refractivity contribution is 5.77. The third-order valence-corrected chi connectivity index (χ3v) is 6.63. The number of nitrogens with one attached hydrogen (secondary N) is 1. The van der Waals surface area contributed by atoms with E-state index in [1.165, 1.54) is 0 Å². The summed E-state index contributed by atoms with van der Waals surface area (Å²) < 4.78 is 11.2. The van der Waals surface area contributed by atoms with Gasteiger partial charge in [-0.15, -0.1) is 10.2 Å². The number of fused-ring (bicyclic) bond motifs is 3. The molecule has 2 aliphatic heterocycles. The smallest absolute Gasteiger partial charge is 0.407 e. The Bertz CT molecular complexity index is 838. The standard InChI is InChI=1S/C19H27N5O5/c1-18(2,3)29-16(25)20-11-6-10(7-11)14-21-22-15(28-14)12-8-19(4-5-19)13-9-23(12)17(26)24(13)27/h10-13,27H,4-9H2,1-3H3,(H,20,25)/t10?,11?,12?,13-/m1/s1. The highest BCUT2D eigenvalue weighted by atomic mass is 16.6. The number of aromatic nitrogens is 2. The average Bonchev–Trinajstić information content (AvgIpc) is 3.09. The van der Waals surface area contributed by atoms with Crippen molar-refractivity contribution >= 4 is 12.1 Å². The zero-order chi connectivity index (χ0) is 20.6. The Kier molecular flexibility index (Phi) is 3.90. The maximum absolute atomic E-state index is 12.4. The Balaban J connectivity index is 1.21. The van der Waals surface area contributed by atoms with Crippen LogP contribution in [0.1, 0.15) is 76.6 Å². The fraction of sp³-hybridized carbons (Fsp3) is 0.789. The number of hydroxylamine groups is 2. The molecule has 1 aromatic rings. The van der Waals surface area contributed by atoms with E-state index in [1.807, 2.05) is 20.8 Å². The van der Waals surface area contributed by atoms with Crippen LogP contribution >= 0.6 is 0 Å². The highest BCUT2D eigenvalue weighted by Gasteiger charge is 2.63. The van der Waals surface area contributed by atoms with Crippen molar-refractivity contribution in [3.63, 3.8) is 0 Å². The number of hydrogen-bond donors (Lipinski definition) is 2. The lowest BCUT2D eigenvalue weighted by Gasteiger charge is -2.35. The third-order valence-electron chi connectivity index (χ3n) is 6.63. The molecule has 0 radical (unpaired) electrons. The van der Waals surface area contributed by atoms with Gasteiger partial charge in [-0.25, -0.2) is 14.7 Å². The van der Waals surface area contributed by atoms with Crippen LogP contribution in [0.25, 0.3) is 0 Å². The normalized spacial score (nSPS) is 32.3.